The molecule has 0 saturated carbocycles. The summed E-state index contributed by atoms with van der Waals surface area (Å²) in [7, 11) is 0. The van der Waals surface area contributed by atoms with E-state index < -0.39 is 0 Å². The van der Waals surface area contributed by atoms with E-state index in [-0.39, 0.29) is 11.8 Å². The van der Waals surface area contributed by atoms with Crippen LogP contribution in [0.15, 0.2) is 48.5 Å². The van der Waals surface area contributed by atoms with Gasteiger partial charge in [0.05, 0.1) is 11.6 Å². The molecule has 2 amide bonds. The summed E-state index contributed by atoms with van der Waals surface area (Å²) < 4.78 is 0. The number of likely N-dealkylation sites (tertiary alicyclic amines) is 1. The summed E-state index contributed by atoms with van der Waals surface area (Å²) in [6, 6.07) is 15.9. The summed E-state index contributed by atoms with van der Waals surface area (Å²) in [4.78, 5) is 27.2. The molecule has 138 valence electrons. The summed E-state index contributed by atoms with van der Waals surface area (Å²) in [5.41, 5.74) is 2.14. The Bertz CT molecular complexity index is 868. The van der Waals surface area contributed by atoms with Crippen molar-refractivity contribution in [3.8, 4) is 6.07 Å². The number of hydrogen-bond donors (Lipinski definition) is 1. The molecule has 2 aromatic rings. The van der Waals surface area contributed by atoms with Crippen LogP contribution in [0.5, 0.6) is 0 Å². The Kier molecular flexibility index (Phi) is 5.87. The molecule has 1 saturated heterocycles. The van der Waals surface area contributed by atoms with Crippen molar-refractivity contribution >= 4 is 17.5 Å². The van der Waals surface area contributed by atoms with Gasteiger partial charge < -0.3 is 10.2 Å². The highest BCUT2D eigenvalue weighted by Gasteiger charge is 2.26. The molecule has 0 radical (unpaired) electrons. The first-order valence-corrected chi connectivity index (χ1v) is 9.35. The molecule has 1 atom stereocenters. The summed E-state index contributed by atoms with van der Waals surface area (Å²) in [6.45, 7) is 2.92. The van der Waals surface area contributed by atoms with Gasteiger partial charge in [0.2, 0.25) is 0 Å². The second-order valence-corrected chi connectivity index (χ2v) is 6.78. The minimum atomic E-state index is -0.270. The lowest BCUT2D eigenvalue weighted by Gasteiger charge is -2.35. The first kappa shape index (κ1) is 18.7. The van der Waals surface area contributed by atoms with Crippen LogP contribution in [-0.4, -0.2) is 29.3 Å². The van der Waals surface area contributed by atoms with Crippen molar-refractivity contribution in [2.75, 3.05) is 11.9 Å². The molecule has 3 rings (SSSR count). The van der Waals surface area contributed by atoms with Crippen molar-refractivity contribution < 1.29 is 9.59 Å². The fourth-order valence-electron chi connectivity index (χ4n) is 3.49. The van der Waals surface area contributed by atoms with Gasteiger partial charge in [-0.15, -0.1) is 0 Å². The highest BCUT2D eigenvalue weighted by molar-refractivity contribution is 6.05. The molecule has 1 heterocycles. The zero-order chi connectivity index (χ0) is 19.2. The van der Waals surface area contributed by atoms with Crippen molar-refractivity contribution in [1.29, 1.82) is 5.26 Å². The molecule has 0 aliphatic carbocycles. The summed E-state index contributed by atoms with van der Waals surface area (Å²) >= 11 is 0. The first-order valence-electron chi connectivity index (χ1n) is 9.35. The van der Waals surface area contributed by atoms with Gasteiger partial charge >= 0.3 is 0 Å². The van der Waals surface area contributed by atoms with E-state index in [2.05, 4.69) is 12.2 Å². The number of hydrogen-bond acceptors (Lipinski definition) is 3. The molecule has 1 aliphatic rings. The van der Waals surface area contributed by atoms with Crippen LogP contribution in [-0.2, 0) is 0 Å². The number of nitrogens with zero attached hydrogens (tertiary/aromatic N) is 2. The van der Waals surface area contributed by atoms with Crippen LogP contribution in [0.1, 0.15) is 58.9 Å². The lowest BCUT2D eigenvalue weighted by molar-refractivity contribution is 0.0607. The highest BCUT2D eigenvalue weighted by atomic mass is 16.2. The largest absolute Gasteiger partial charge is 0.336 e. The number of benzene rings is 2. The molecule has 0 bridgehead atoms. The smallest absolute Gasteiger partial charge is 0.255 e. The minimum absolute atomic E-state index is 0.0372. The monoisotopic (exact) mass is 361 g/mol. The van der Waals surface area contributed by atoms with E-state index in [1.165, 1.54) is 6.42 Å². The summed E-state index contributed by atoms with van der Waals surface area (Å²) in [5, 5.41) is 11.7. The lowest BCUT2D eigenvalue weighted by atomic mass is 9.98. The van der Waals surface area contributed by atoms with Crippen molar-refractivity contribution in [3.63, 3.8) is 0 Å². The average molecular weight is 361 g/mol. The number of nitriles is 1. The zero-order valence-electron chi connectivity index (χ0n) is 15.4. The Morgan fingerprint density at radius 2 is 1.89 bits per heavy atom. The predicted molar refractivity (Wildman–Crippen MR) is 105 cm³/mol. The molecule has 5 nitrogen and oxygen atoms in total. The second kappa shape index (κ2) is 8.50. The number of nitrogens with one attached hydrogen (secondary N) is 1. The van der Waals surface area contributed by atoms with Crippen molar-refractivity contribution in [1.82, 2.24) is 4.90 Å². The third kappa shape index (κ3) is 4.35. The van der Waals surface area contributed by atoms with Gasteiger partial charge in [0.25, 0.3) is 11.8 Å². The number of carbonyl (C=O) groups excluding carboxylic acids is 2. The van der Waals surface area contributed by atoms with Crippen LogP contribution in [0, 0.1) is 11.3 Å². The van der Waals surface area contributed by atoms with Crippen LogP contribution in [0.25, 0.3) is 0 Å². The molecule has 5 heteroatoms. The average Bonchev–Trinajstić information content (AvgIpc) is 2.73. The Morgan fingerprint density at radius 1 is 1.15 bits per heavy atom. The van der Waals surface area contributed by atoms with Crippen LogP contribution < -0.4 is 5.32 Å². The fraction of sp³-hybridized carbons (Fsp3) is 0.318. The van der Waals surface area contributed by atoms with Gasteiger partial charge in [-0.05, 0) is 68.1 Å². The molecule has 1 N–H and O–H groups in total. The molecule has 1 aliphatic heterocycles. The van der Waals surface area contributed by atoms with Gasteiger partial charge in [0, 0.05) is 29.4 Å². The maximum Gasteiger partial charge on any atom is 0.255 e. The number of anilines is 1. The maximum absolute atomic E-state index is 12.8. The van der Waals surface area contributed by atoms with Gasteiger partial charge in [0.15, 0.2) is 0 Å². The SMILES string of the molecule is CCC1CCCCN1C(=O)c1ccc(C(=O)Nc2cccc(C#N)c2)cc1. The van der Waals surface area contributed by atoms with E-state index in [1.807, 2.05) is 11.0 Å². The first-order chi connectivity index (χ1) is 13.1. The topological polar surface area (TPSA) is 73.2 Å². The maximum atomic E-state index is 12.8. The van der Waals surface area contributed by atoms with Crippen LogP contribution in [0.4, 0.5) is 5.69 Å². The zero-order valence-corrected chi connectivity index (χ0v) is 15.4. The molecule has 0 aromatic heterocycles. The van der Waals surface area contributed by atoms with Crippen molar-refractivity contribution in [2.24, 2.45) is 0 Å². The summed E-state index contributed by atoms with van der Waals surface area (Å²) in [5.74, 6) is -0.233. The van der Waals surface area contributed by atoms with Gasteiger partial charge in [0.1, 0.15) is 0 Å². The van der Waals surface area contributed by atoms with Crippen LogP contribution in [0.2, 0.25) is 0 Å². The number of amides is 2. The molecule has 1 fully saturated rings. The molecule has 1 unspecified atom stereocenters. The number of carbonyl (C=O) groups is 2. The van der Waals surface area contributed by atoms with Gasteiger partial charge in [-0.1, -0.05) is 13.0 Å². The van der Waals surface area contributed by atoms with Crippen LogP contribution in [0.3, 0.4) is 0 Å². The van der Waals surface area contributed by atoms with Crippen LogP contribution >= 0.6 is 0 Å². The molecule has 0 spiro atoms. The highest BCUT2D eigenvalue weighted by Crippen LogP contribution is 2.22. The Hall–Kier alpha value is -3.13. The van der Waals surface area contributed by atoms with Gasteiger partial charge in [-0.3, -0.25) is 9.59 Å². The summed E-state index contributed by atoms with van der Waals surface area (Å²) in [6.07, 6.45) is 4.25. The fourth-order valence-corrected chi connectivity index (χ4v) is 3.49. The minimum Gasteiger partial charge on any atom is -0.336 e. The Balaban J connectivity index is 1.70. The Labute approximate surface area is 159 Å². The number of rotatable bonds is 4. The quantitative estimate of drug-likeness (QED) is 0.886. The molecule has 27 heavy (non-hydrogen) atoms. The Morgan fingerprint density at radius 3 is 2.59 bits per heavy atom. The van der Waals surface area contributed by atoms with Crippen molar-refractivity contribution in [3.05, 3.63) is 65.2 Å². The van der Waals surface area contributed by atoms with E-state index in [0.29, 0.717) is 28.4 Å². The lowest BCUT2D eigenvalue weighted by Crippen LogP contribution is -2.43. The second-order valence-electron chi connectivity index (χ2n) is 6.78. The third-order valence-corrected chi connectivity index (χ3v) is 5.00. The van der Waals surface area contributed by atoms with Crippen molar-refractivity contribution in [2.45, 2.75) is 38.6 Å². The van der Waals surface area contributed by atoms with Gasteiger partial charge in [-0.2, -0.15) is 5.26 Å². The van der Waals surface area contributed by atoms with E-state index in [1.54, 1.807) is 48.5 Å². The van der Waals surface area contributed by atoms with E-state index in [4.69, 9.17) is 5.26 Å². The van der Waals surface area contributed by atoms with Gasteiger partial charge in [-0.25, -0.2) is 0 Å². The molecular formula is C22H23N3O2. The van der Waals surface area contributed by atoms with E-state index in [0.717, 1.165) is 25.8 Å². The van der Waals surface area contributed by atoms with E-state index in [9.17, 15) is 9.59 Å². The normalized spacial score (nSPS) is 16.4. The van der Waals surface area contributed by atoms with E-state index >= 15 is 0 Å². The third-order valence-electron chi connectivity index (χ3n) is 5.00. The standard InChI is InChI=1S/C22H23N3O2/c1-2-20-8-3-4-13-25(20)22(27)18-11-9-17(10-12-18)21(26)24-19-7-5-6-16(14-19)15-23/h5-7,9-12,14,20H,2-4,8,13H2,1H3,(H,24,26). The molecule has 2 aromatic carbocycles. The number of piperidine rings is 1. The predicted octanol–water partition coefficient (Wildman–Crippen LogP) is 4.22. The molecular weight excluding hydrogens is 338 g/mol.